The zero-order chi connectivity index (χ0) is 11.1. The molecule has 1 aromatic rings. The largest absolute Gasteiger partial charge is 0.356 e. The van der Waals surface area contributed by atoms with Crippen LogP contribution < -0.4 is 0 Å². The molecule has 0 N–H and O–H groups in total. The van der Waals surface area contributed by atoms with Gasteiger partial charge in [0.2, 0.25) is 0 Å². The Bertz CT molecular complexity index is 468. The zero-order valence-corrected chi connectivity index (χ0v) is 10.4. The summed E-state index contributed by atoms with van der Waals surface area (Å²) in [6, 6.07) is 3.79. The molecule has 0 aliphatic carbocycles. The molecule has 1 aromatic carbocycles. The minimum atomic E-state index is 0.621. The van der Waals surface area contributed by atoms with E-state index >= 15 is 0 Å². The van der Waals surface area contributed by atoms with Crippen molar-refractivity contribution in [2.45, 2.75) is 25.8 Å². The molecule has 16 heavy (non-hydrogen) atoms. The van der Waals surface area contributed by atoms with Crippen LogP contribution in [0.5, 0.6) is 0 Å². The van der Waals surface area contributed by atoms with Crippen molar-refractivity contribution in [1.29, 1.82) is 0 Å². The lowest BCUT2D eigenvalue weighted by Gasteiger charge is -2.34. The lowest BCUT2D eigenvalue weighted by atomic mass is 10.0. The van der Waals surface area contributed by atoms with Gasteiger partial charge in [-0.25, -0.2) is 4.99 Å². The smallest absolute Gasteiger partial charge is 0.105 e. The van der Waals surface area contributed by atoms with E-state index < -0.39 is 0 Å². The number of nitrogens with zero attached hydrogens (tertiary/aromatic N) is 2. The molecule has 1 saturated heterocycles. The van der Waals surface area contributed by atoms with Crippen molar-refractivity contribution in [3.05, 3.63) is 27.7 Å². The van der Waals surface area contributed by atoms with Crippen molar-refractivity contribution in [2.24, 2.45) is 4.99 Å². The summed E-state index contributed by atoms with van der Waals surface area (Å²) in [7, 11) is 0. The molecule has 4 heteroatoms. The van der Waals surface area contributed by atoms with Gasteiger partial charge in [0.1, 0.15) is 5.84 Å². The van der Waals surface area contributed by atoms with E-state index in [0.29, 0.717) is 10.0 Å². The molecule has 0 bridgehead atoms. The van der Waals surface area contributed by atoms with Crippen LogP contribution in [0.3, 0.4) is 0 Å². The molecule has 0 aromatic heterocycles. The van der Waals surface area contributed by atoms with Crippen molar-refractivity contribution < 1.29 is 0 Å². The number of piperidine rings is 1. The summed E-state index contributed by atoms with van der Waals surface area (Å²) in [4.78, 5) is 6.98. The summed E-state index contributed by atoms with van der Waals surface area (Å²) < 4.78 is 0. The highest BCUT2D eigenvalue weighted by Crippen LogP contribution is 2.37. The molecule has 0 atom stereocenters. The Morgan fingerprint density at radius 3 is 2.94 bits per heavy atom. The Morgan fingerprint density at radius 1 is 1.19 bits per heavy atom. The van der Waals surface area contributed by atoms with E-state index in [1.54, 1.807) is 0 Å². The second kappa shape index (κ2) is 3.94. The highest BCUT2D eigenvalue weighted by Gasteiger charge is 2.24. The maximum atomic E-state index is 6.21. The van der Waals surface area contributed by atoms with Crippen LogP contribution in [0.25, 0.3) is 0 Å². The Morgan fingerprint density at radius 2 is 2.06 bits per heavy atom. The van der Waals surface area contributed by atoms with Crippen molar-refractivity contribution in [3.63, 3.8) is 0 Å². The van der Waals surface area contributed by atoms with Crippen molar-refractivity contribution >= 4 is 34.7 Å². The number of hydrogen-bond donors (Lipinski definition) is 0. The van der Waals surface area contributed by atoms with Crippen LogP contribution in [0.4, 0.5) is 5.69 Å². The summed E-state index contributed by atoms with van der Waals surface area (Å²) in [5, 5.41) is 1.28. The normalized spacial score (nSPS) is 18.9. The first kappa shape index (κ1) is 10.4. The fourth-order valence-corrected chi connectivity index (χ4v) is 2.73. The maximum Gasteiger partial charge on any atom is 0.105 e. The first-order valence-corrected chi connectivity index (χ1v) is 6.30. The molecule has 2 aliphatic rings. The molecule has 2 heterocycles. The maximum absolute atomic E-state index is 6.21. The molecule has 0 spiro atoms. The highest BCUT2D eigenvalue weighted by atomic mass is 35.5. The molecule has 84 valence electrons. The molecule has 0 unspecified atom stereocenters. The topological polar surface area (TPSA) is 15.6 Å². The van der Waals surface area contributed by atoms with E-state index in [1.165, 1.54) is 18.7 Å². The molecule has 0 saturated carbocycles. The first-order valence-electron chi connectivity index (χ1n) is 5.55. The van der Waals surface area contributed by atoms with Crippen molar-refractivity contribution in [1.82, 2.24) is 4.90 Å². The van der Waals surface area contributed by atoms with E-state index in [2.05, 4.69) is 9.89 Å². The lowest BCUT2D eigenvalue weighted by molar-refractivity contribution is 0.359. The van der Waals surface area contributed by atoms with Gasteiger partial charge < -0.3 is 4.90 Å². The third-order valence-electron chi connectivity index (χ3n) is 3.21. The molecule has 2 nitrogen and oxygen atoms in total. The lowest BCUT2D eigenvalue weighted by Crippen LogP contribution is -2.36. The van der Waals surface area contributed by atoms with Crippen LogP contribution in [0, 0.1) is 0 Å². The minimum Gasteiger partial charge on any atom is -0.356 e. The molecule has 1 fully saturated rings. The Labute approximate surface area is 105 Å². The van der Waals surface area contributed by atoms with E-state index in [1.807, 2.05) is 12.1 Å². The van der Waals surface area contributed by atoms with E-state index in [-0.39, 0.29) is 0 Å². The fraction of sp³-hybridized carbons (Fsp3) is 0.417. The van der Waals surface area contributed by atoms with Crippen LogP contribution in [0.1, 0.15) is 24.8 Å². The van der Waals surface area contributed by atoms with Gasteiger partial charge in [-0.3, -0.25) is 0 Å². The summed E-state index contributed by atoms with van der Waals surface area (Å²) >= 11 is 12.2. The van der Waals surface area contributed by atoms with Crippen LogP contribution in [-0.4, -0.2) is 17.3 Å². The van der Waals surface area contributed by atoms with Gasteiger partial charge in [-0.05, 0) is 25.0 Å². The van der Waals surface area contributed by atoms with Gasteiger partial charge >= 0.3 is 0 Å². The second-order valence-corrected chi connectivity index (χ2v) is 5.05. The van der Waals surface area contributed by atoms with E-state index in [4.69, 9.17) is 23.2 Å². The molecule has 0 radical (unpaired) electrons. The predicted molar refractivity (Wildman–Crippen MR) is 67.8 cm³/mol. The molecule has 3 rings (SSSR count). The van der Waals surface area contributed by atoms with Crippen LogP contribution in [-0.2, 0) is 6.54 Å². The zero-order valence-electron chi connectivity index (χ0n) is 8.84. The number of benzene rings is 1. The number of amidine groups is 1. The van der Waals surface area contributed by atoms with E-state index in [9.17, 15) is 0 Å². The van der Waals surface area contributed by atoms with Gasteiger partial charge in [0.15, 0.2) is 0 Å². The van der Waals surface area contributed by atoms with Gasteiger partial charge in [0, 0.05) is 25.1 Å². The number of rotatable bonds is 0. The fourth-order valence-electron chi connectivity index (χ4n) is 2.34. The Hall–Kier alpha value is -0.730. The third kappa shape index (κ3) is 1.61. The van der Waals surface area contributed by atoms with Gasteiger partial charge in [-0.15, -0.1) is 0 Å². The monoisotopic (exact) mass is 254 g/mol. The van der Waals surface area contributed by atoms with Gasteiger partial charge in [0.05, 0.1) is 15.7 Å². The minimum absolute atomic E-state index is 0.621. The van der Waals surface area contributed by atoms with Gasteiger partial charge in [0.25, 0.3) is 0 Å². The molecular formula is C12H12Cl2N2. The Balaban J connectivity index is 2.09. The Kier molecular flexibility index (Phi) is 2.56. The SMILES string of the molecule is Clc1ccc2c(c1Cl)CN1CCCCC1=N2. The summed E-state index contributed by atoms with van der Waals surface area (Å²) in [5.41, 5.74) is 2.06. The van der Waals surface area contributed by atoms with Crippen molar-refractivity contribution in [2.75, 3.05) is 6.54 Å². The summed E-state index contributed by atoms with van der Waals surface area (Å²) in [6.07, 6.45) is 3.57. The number of aliphatic imine (C=N–C) groups is 1. The third-order valence-corrected chi connectivity index (χ3v) is 4.06. The van der Waals surface area contributed by atoms with Gasteiger partial charge in [-0.1, -0.05) is 23.2 Å². The summed E-state index contributed by atoms with van der Waals surface area (Å²) in [6.45, 7) is 1.94. The highest BCUT2D eigenvalue weighted by molar-refractivity contribution is 6.42. The first-order chi connectivity index (χ1) is 7.75. The molecule has 0 amide bonds. The number of halogens is 2. The average Bonchev–Trinajstić information content (AvgIpc) is 2.32. The van der Waals surface area contributed by atoms with E-state index in [0.717, 1.165) is 30.8 Å². The van der Waals surface area contributed by atoms with Gasteiger partial charge in [-0.2, -0.15) is 0 Å². The van der Waals surface area contributed by atoms with Crippen molar-refractivity contribution in [3.8, 4) is 0 Å². The van der Waals surface area contributed by atoms with Crippen LogP contribution in [0.2, 0.25) is 10.0 Å². The standard InChI is InChI=1S/C12H12Cl2N2/c13-9-4-5-10-8(12(9)14)7-16-6-2-1-3-11(16)15-10/h4-5H,1-3,6-7H2. The number of hydrogen-bond acceptors (Lipinski definition) is 2. The molecule has 2 aliphatic heterocycles. The van der Waals surface area contributed by atoms with Crippen LogP contribution in [0.15, 0.2) is 17.1 Å². The summed E-state index contributed by atoms with van der Waals surface area (Å²) in [5.74, 6) is 1.21. The predicted octanol–water partition coefficient (Wildman–Crippen LogP) is 4.02. The van der Waals surface area contributed by atoms with Crippen LogP contribution >= 0.6 is 23.2 Å². The average molecular weight is 255 g/mol. The number of fused-ring (bicyclic) bond motifs is 2. The molecular weight excluding hydrogens is 243 g/mol. The second-order valence-electron chi connectivity index (χ2n) is 4.27. The quantitative estimate of drug-likeness (QED) is 0.683.